The van der Waals surface area contributed by atoms with Crippen LogP contribution < -0.4 is 9.47 Å². The van der Waals surface area contributed by atoms with E-state index in [1.807, 2.05) is 24.3 Å². The summed E-state index contributed by atoms with van der Waals surface area (Å²) in [5.74, 6) is 2.27. The minimum atomic E-state index is 0.205. The molecule has 3 aromatic rings. The zero-order chi connectivity index (χ0) is 14.7. The van der Waals surface area contributed by atoms with Crippen molar-refractivity contribution >= 4 is 0 Å². The van der Waals surface area contributed by atoms with Gasteiger partial charge in [0.25, 0.3) is 0 Å². The Balaban J connectivity index is 1.77. The molecule has 0 aliphatic rings. The van der Waals surface area contributed by atoms with Crippen LogP contribution in [-0.4, -0.2) is 22.0 Å². The Morgan fingerprint density at radius 2 is 1.57 bits per heavy atom. The molecule has 5 heteroatoms. The molecule has 0 amide bonds. The van der Waals surface area contributed by atoms with Gasteiger partial charge in [0.2, 0.25) is 0 Å². The third-order valence-corrected chi connectivity index (χ3v) is 2.97. The second-order valence-corrected chi connectivity index (χ2v) is 4.41. The van der Waals surface area contributed by atoms with Crippen molar-refractivity contribution in [2.45, 2.75) is 0 Å². The predicted molar refractivity (Wildman–Crippen MR) is 78.3 cm³/mol. The van der Waals surface area contributed by atoms with Gasteiger partial charge in [0.15, 0.2) is 5.75 Å². The Morgan fingerprint density at radius 3 is 2.24 bits per heavy atom. The van der Waals surface area contributed by atoms with E-state index in [1.165, 1.54) is 0 Å². The van der Waals surface area contributed by atoms with Gasteiger partial charge >= 0.3 is 0 Å². The van der Waals surface area contributed by atoms with Crippen LogP contribution in [0.25, 0.3) is 5.69 Å². The van der Waals surface area contributed by atoms with Crippen molar-refractivity contribution in [2.24, 2.45) is 0 Å². The highest BCUT2D eigenvalue weighted by Crippen LogP contribution is 2.24. The number of ether oxygens (including phenoxy) is 2. The predicted octanol–water partition coefficient (Wildman–Crippen LogP) is 3.38. The Labute approximate surface area is 122 Å². The molecule has 5 nitrogen and oxygen atoms in total. The van der Waals surface area contributed by atoms with Crippen LogP contribution >= 0.6 is 0 Å². The summed E-state index contributed by atoms with van der Waals surface area (Å²) in [5, 5.41) is 13.5. The highest BCUT2D eigenvalue weighted by molar-refractivity contribution is 5.39. The molecule has 106 valence electrons. The van der Waals surface area contributed by atoms with Gasteiger partial charge in [0, 0.05) is 0 Å². The van der Waals surface area contributed by atoms with Gasteiger partial charge in [-0.2, -0.15) is 5.10 Å². The first kappa shape index (κ1) is 13.1. The van der Waals surface area contributed by atoms with Crippen LogP contribution in [0, 0.1) is 0 Å². The molecule has 0 unspecified atom stereocenters. The normalized spacial score (nSPS) is 10.3. The molecule has 0 fully saturated rings. The fourth-order valence-corrected chi connectivity index (χ4v) is 1.89. The van der Waals surface area contributed by atoms with E-state index in [2.05, 4.69) is 5.10 Å². The van der Waals surface area contributed by atoms with Crippen molar-refractivity contribution in [1.82, 2.24) is 9.78 Å². The number of benzene rings is 2. The van der Waals surface area contributed by atoms with Crippen molar-refractivity contribution < 1.29 is 14.6 Å². The number of methoxy groups -OCH3 is 1. The number of phenols is 1. The fraction of sp³-hybridized carbons (Fsp3) is 0.0625. The zero-order valence-electron chi connectivity index (χ0n) is 11.4. The molecule has 0 spiro atoms. The van der Waals surface area contributed by atoms with E-state index in [-0.39, 0.29) is 5.75 Å². The standard InChI is InChI=1S/C16H14N2O3/c1-20-14-6-2-12(3-7-14)18-11-16(10-17-18)21-15-8-4-13(19)5-9-15/h2-11,19H,1H3. The number of phenolic OH excluding ortho intramolecular Hbond substituents is 1. The lowest BCUT2D eigenvalue weighted by Crippen LogP contribution is -1.93. The quantitative estimate of drug-likeness (QED) is 0.797. The summed E-state index contributed by atoms with van der Waals surface area (Å²) in [6.07, 6.45) is 3.42. The van der Waals surface area contributed by atoms with E-state index < -0.39 is 0 Å². The van der Waals surface area contributed by atoms with Crippen molar-refractivity contribution in [3.8, 4) is 28.7 Å². The lowest BCUT2D eigenvalue weighted by molar-refractivity contribution is 0.414. The van der Waals surface area contributed by atoms with E-state index in [1.54, 1.807) is 48.5 Å². The SMILES string of the molecule is COc1ccc(-n2cc(Oc3ccc(O)cc3)cn2)cc1. The van der Waals surface area contributed by atoms with Gasteiger partial charge in [0.1, 0.15) is 17.2 Å². The first-order valence-electron chi connectivity index (χ1n) is 6.40. The molecule has 0 aliphatic heterocycles. The average Bonchev–Trinajstić information content (AvgIpc) is 2.98. The molecule has 1 heterocycles. The molecule has 0 radical (unpaired) electrons. The van der Waals surface area contributed by atoms with Crippen molar-refractivity contribution in [3.63, 3.8) is 0 Å². The fourth-order valence-electron chi connectivity index (χ4n) is 1.89. The first-order chi connectivity index (χ1) is 10.2. The number of aromatic nitrogens is 2. The lowest BCUT2D eigenvalue weighted by atomic mass is 10.3. The molecule has 3 rings (SSSR count). The van der Waals surface area contributed by atoms with Crippen LogP contribution in [0.5, 0.6) is 23.0 Å². The maximum atomic E-state index is 9.24. The molecule has 0 aliphatic carbocycles. The molecule has 0 atom stereocenters. The maximum Gasteiger partial charge on any atom is 0.165 e. The topological polar surface area (TPSA) is 56.5 Å². The number of hydrogen-bond donors (Lipinski definition) is 1. The summed E-state index contributed by atoms with van der Waals surface area (Å²) >= 11 is 0. The van der Waals surface area contributed by atoms with E-state index >= 15 is 0 Å². The number of hydrogen-bond acceptors (Lipinski definition) is 4. The molecule has 1 N–H and O–H groups in total. The van der Waals surface area contributed by atoms with Gasteiger partial charge in [-0.25, -0.2) is 4.68 Å². The third kappa shape index (κ3) is 2.97. The summed E-state index contributed by atoms with van der Waals surface area (Å²) in [4.78, 5) is 0. The minimum Gasteiger partial charge on any atom is -0.508 e. The van der Waals surface area contributed by atoms with Crippen molar-refractivity contribution in [1.29, 1.82) is 0 Å². The van der Waals surface area contributed by atoms with Crippen LogP contribution in [0.15, 0.2) is 60.9 Å². The highest BCUT2D eigenvalue weighted by atomic mass is 16.5. The van der Waals surface area contributed by atoms with Gasteiger partial charge in [-0.15, -0.1) is 0 Å². The summed E-state index contributed by atoms with van der Waals surface area (Å²) < 4.78 is 12.5. The van der Waals surface area contributed by atoms with Gasteiger partial charge < -0.3 is 14.6 Å². The summed E-state index contributed by atoms with van der Waals surface area (Å²) in [6.45, 7) is 0. The molecular formula is C16H14N2O3. The zero-order valence-corrected chi connectivity index (χ0v) is 11.4. The van der Waals surface area contributed by atoms with Crippen LogP contribution in [0.1, 0.15) is 0 Å². The molecule has 0 saturated carbocycles. The third-order valence-electron chi connectivity index (χ3n) is 2.97. The van der Waals surface area contributed by atoms with E-state index in [0.29, 0.717) is 11.5 Å². The number of nitrogens with zero attached hydrogens (tertiary/aromatic N) is 2. The molecular weight excluding hydrogens is 268 g/mol. The van der Waals surface area contributed by atoms with Crippen molar-refractivity contribution in [3.05, 3.63) is 60.9 Å². The van der Waals surface area contributed by atoms with E-state index in [4.69, 9.17) is 9.47 Å². The second-order valence-electron chi connectivity index (χ2n) is 4.41. The smallest absolute Gasteiger partial charge is 0.165 e. The Bertz CT molecular complexity index is 718. The van der Waals surface area contributed by atoms with Crippen molar-refractivity contribution in [2.75, 3.05) is 7.11 Å². The molecule has 21 heavy (non-hydrogen) atoms. The van der Waals surface area contributed by atoms with Gasteiger partial charge in [-0.1, -0.05) is 0 Å². The number of aromatic hydroxyl groups is 1. The summed E-state index contributed by atoms with van der Waals surface area (Å²) in [6, 6.07) is 14.1. The van der Waals surface area contributed by atoms with Crippen LogP contribution in [0.3, 0.4) is 0 Å². The Hall–Kier alpha value is -2.95. The maximum absolute atomic E-state index is 9.24. The minimum absolute atomic E-state index is 0.205. The highest BCUT2D eigenvalue weighted by Gasteiger charge is 2.04. The lowest BCUT2D eigenvalue weighted by Gasteiger charge is -2.03. The molecule has 0 bridgehead atoms. The van der Waals surface area contributed by atoms with Crippen LogP contribution in [0.4, 0.5) is 0 Å². The summed E-state index contributed by atoms with van der Waals surface area (Å²) in [5.41, 5.74) is 0.913. The summed E-state index contributed by atoms with van der Waals surface area (Å²) in [7, 11) is 1.63. The molecule has 0 saturated heterocycles. The Morgan fingerprint density at radius 1 is 0.905 bits per heavy atom. The van der Waals surface area contributed by atoms with E-state index in [9.17, 15) is 5.11 Å². The second kappa shape index (κ2) is 5.58. The van der Waals surface area contributed by atoms with Gasteiger partial charge in [-0.3, -0.25) is 0 Å². The average molecular weight is 282 g/mol. The largest absolute Gasteiger partial charge is 0.508 e. The molecule has 2 aromatic carbocycles. The number of rotatable bonds is 4. The van der Waals surface area contributed by atoms with E-state index in [0.717, 1.165) is 11.4 Å². The first-order valence-corrected chi connectivity index (χ1v) is 6.40. The van der Waals surface area contributed by atoms with Crippen LogP contribution in [0.2, 0.25) is 0 Å². The van der Waals surface area contributed by atoms with Crippen LogP contribution in [-0.2, 0) is 0 Å². The van der Waals surface area contributed by atoms with Gasteiger partial charge in [0.05, 0.1) is 25.2 Å². The Kier molecular flexibility index (Phi) is 3.47. The van der Waals surface area contributed by atoms with Gasteiger partial charge in [-0.05, 0) is 48.5 Å². The molecule has 1 aromatic heterocycles. The monoisotopic (exact) mass is 282 g/mol.